The van der Waals surface area contributed by atoms with E-state index in [0.29, 0.717) is 11.1 Å². The summed E-state index contributed by atoms with van der Waals surface area (Å²) in [6, 6.07) is 9.71. The Morgan fingerprint density at radius 1 is 0.842 bits per heavy atom. The highest BCUT2D eigenvalue weighted by Gasteiger charge is 2.24. The van der Waals surface area contributed by atoms with E-state index in [1.165, 1.54) is 18.2 Å². The number of hydrogen-bond donors (Lipinski definition) is 1. The van der Waals surface area contributed by atoms with Gasteiger partial charge in [0.25, 0.3) is 0 Å². The minimum atomic E-state index is -0.801. The first-order valence-electron chi connectivity index (χ1n) is 5.21. The van der Waals surface area contributed by atoms with Crippen LogP contribution in [-0.4, -0.2) is 15.0 Å². The van der Waals surface area contributed by atoms with E-state index < -0.39 is 21.2 Å². The minimum absolute atomic E-state index is 0.0125. The molecule has 0 aromatic heterocycles. The lowest BCUT2D eigenvalue weighted by atomic mass is 10.0. The molecule has 0 spiro atoms. The molecule has 0 fully saturated rings. The van der Waals surface area contributed by atoms with Crippen LogP contribution in [0.4, 0.5) is 11.4 Å². The molecule has 0 bridgehead atoms. The van der Waals surface area contributed by atoms with Crippen LogP contribution >= 0.6 is 0 Å². The van der Waals surface area contributed by atoms with Gasteiger partial charge in [-0.3, -0.25) is 20.2 Å². The van der Waals surface area contributed by atoms with Gasteiger partial charge in [0.15, 0.2) is 0 Å². The Labute approximate surface area is 107 Å². The van der Waals surface area contributed by atoms with Crippen LogP contribution in [0.2, 0.25) is 0 Å². The molecule has 0 saturated heterocycles. The minimum Gasteiger partial charge on any atom is -0.508 e. The molecule has 0 amide bonds. The second-order valence-corrected chi connectivity index (χ2v) is 3.77. The largest absolute Gasteiger partial charge is 0.508 e. The van der Waals surface area contributed by atoms with Gasteiger partial charge in [-0.25, -0.2) is 0 Å². The van der Waals surface area contributed by atoms with Crippen molar-refractivity contribution in [2.45, 2.75) is 0 Å². The maximum Gasteiger partial charge on any atom is 0.346 e. The van der Waals surface area contributed by atoms with Crippen LogP contribution in [0.25, 0.3) is 11.1 Å². The van der Waals surface area contributed by atoms with Crippen LogP contribution in [0.5, 0.6) is 5.75 Å². The highest BCUT2D eigenvalue weighted by Crippen LogP contribution is 2.32. The zero-order valence-corrected chi connectivity index (χ0v) is 9.52. The van der Waals surface area contributed by atoms with Crippen molar-refractivity contribution in [3.63, 3.8) is 0 Å². The van der Waals surface area contributed by atoms with Crippen LogP contribution in [-0.2, 0) is 0 Å². The maximum atomic E-state index is 10.8. The van der Waals surface area contributed by atoms with Gasteiger partial charge in [0.2, 0.25) is 0 Å². The number of aromatic hydroxyl groups is 1. The SMILES string of the molecule is O=[N+]([O-])c1ccc(-c2cccc(O)c2)cc1[N+](=O)[O-]. The summed E-state index contributed by atoms with van der Waals surface area (Å²) in [5.41, 5.74) is -0.175. The molecule has 7 heteroatoms. The van der Waals surface area contributed by atoms with E-state index in [1.807, 2.05) is 0 Å². The Kier molecular flexibility index (Phi) is 3.11. The third-order valence-corrected chi connectivity index (χ3v) is 2.55. The molecule has 2 aromatic carbocycles. The molecule has 2 rings (SSSR count). The van der Waals surface area contributed by atoms with Gasteiger partial charge in [0, 0.05) is 12.1 Å². The predicted octanol–water partition coefficient (Wildman–Crippen LogP) is 2.88. The van der Waals surface area contributed by atoms with E-state index in [2.05, 4.69) is 0 Å². The van der Waals surface area contributed by atoms with Crippen molar-refractivity contribution in [3.8, 4) is 16.9 Å². The molecular weight excluding hydrogens is 252 g/mol. The average Bonchev–Trinajstić information content (AvgIpc) is 2.37. The zero-order valence-electron chi connectivity index (χ0n) is 9.52. The molecule has 0 aliphatic carbocycles. The fourth-order valence-electron chi connectivity index (χ4n) is 1.69. The van der Waals surface area contributed by atoms with Gasteiger partial charge < -0.3 is 5.11 Å². The van der Waals surface area contributed by atoms with E-state index in [9.17, 15) is 25.3 Å². The maximum absolute atomic E-state index is 10.8. The Bertz CT molecular complexity index is 669. The second kappa shape index (κ2) is 4.73. The van der Waals surface area contributed by atoms with Crippen molar-refractivity contribution in [3.05, 3.63) is 62.7 Å². The summed E-state index contributed by atoms with van der Waals surface area (Å²) in [6.45, 7) is 0. The quantitative estimate of drug-likeness (QED) is 0.674. The van der Waals surface area contributed by atoms with Crippen LogP contribution in [0.3, 0.4) is 0 Å². The molecule has 96 valence electrons. The highest BCUT2D eigenvalue weighted by atomic mass is 16.6. The lowest BCUT2D eigenvalue weighted by Crippen LogP contribution is -1.96. The summed E-state index contributed by atoms with van der Waals surface area (Å²) < 4.78 is 0. The number of phenolic OH excluding ortho intramolecular Hbond substituents is 1. The summed E-state index contributed by atoms with van der Waals surface area (Å²) in [6.07, 6.45) is 0. The average molecular weight is 260 g/mol. The van der Waals surface area contributed by atoms with Gasteiger partial charge in [-0.2, -0.15) is 0 Å². The molecule has 0 aliphatic rings. The van der Waals surface area contributed by atoms with Crippen molar-refractivity contribution in [2.75, 3.05) is 0 Å². The van der Waals surface area contributed by atoms with Gasteiger partial charge in [-0.05, 0) is 29.3 Å². The number of phenols is 1. The number of nitrogens with zero attached hydrogens (tertiary/aromatic N) is 2. The van der Waals surface area contributed by atoms with Crippen LogP contribution in [0.15, 0.2) is 42.5 Å². The molecule has 0 atom stereocenters. The van der Waals surface area contributed by atoms with E-state index in [1.54, 1.807) is 12.1 Å². The van der Waals surface area contributed by atoms with Crippen molar-refractivity contribution in [1.82, 2.24) is 0 Å². The van der Waals surface area contributed by atoms with Gasteiger partial charge in [-0.1, -0.05) is 12.1 Å². The van der Waals surface area contributed by atoms with Crippen molar-refractivity contribution in [1.29, 1.82) is 0 Å². The van der Waals surface area contributed by atoms with Gasteiger partial charge in [0.1, 0.15) is 5.75 Å². The lowest BCUT2D eigenvalue weighted by Gasteiger charge is -2.02. The Hall–Kier alpha value is -2.96. The van der Waals surface area contributed by atoms with Gasteiger partial charge in [0.05, 0.1) is 9.85 Å². The summed E-state index contributed by atoms with van der Waals surface area (Å²) in [7, 11) is 0. The summed E-state index contributed by atoms with van der Waals surface area (Å²) >= 11 is 0. The summed E-state index contributed by atoms with van der Waals surface area (Å²) in [4.78, 5) is 19.9. The molecular formula is C12H8N2O5. The Morgan fingerprint density at radius 2 is 1.47 bits per heavy atom. The monoisotopic (exact) mass is 260 g/mol. The third kappa shape index (κ3) is 2.49. The molecule has 1 N–H and O–H groups in total. The smallest absolute Gasteiger partial charge is 0.346 e. The second-order valence-electron chi connectivity index (χ2n) is 3.77. The zero-order chi connectivity index (χ0) is 14.0. The van der Waals surface area contributed by atoms with Crippen molar-refractivity contribution >= 4 is 11.4 Å². The number of hydrogen-bond acceptors (Lipinski definition) is 5. The van der Waals surface area contributed by atoms with Gasteiger partial charge >= 0.3 is 11.4 Å². The lowest BCUT2D eigenvalue weighted by molar-refractivity contribution is -0.422. The molecule has 7 nitrogen and oxygen atoms in total. The summed E-state index contributed by atoms with van der Waals surface area (Å²) in [5, 5.41) is 30.9. The molecule has 2 aromatic rings. The van der Waals surface area contributed by atoms with E-state index >= 15 is 0 Å². The first-order chi connectivity index (χ1) is 8.99. The highest BCUT2D eigenvalue weighted by molar-refractivity contribution is 5.71. The van der Waals surface area contributed by atoms with E-state index in [4.69, 9.17) is 0 Å². The molecule has 0 unspecified atom stereocenters. The van der Waals surface area contributed by atoms with Crippen LogP contribution in [0, 0.1) is 20.2 Å². The first kappa shape index (κ1) is 12.5. The Balaban J connectivity index is 2.58. The molecule has 0 aliphatic heterocycles. The molecule has 0 heterocycles. The van der Waals surface area contributed by atoms with Crippen LogP contribution < -0.4 is 0 Å². The topological polar surface area (TPSA) is 107 Å². The number of rotatable bonds is 3. The number of benzene rings is 2. The van der Waals surface area contributed by atoms with Crippen molar-refractivity contribution < 1.29 is 15.0 Å². The normalized spacial score (nSPS) is 10.1. The molecule has 0 radical (unpaired) electrons. The fraction of sp³-hybridized carbons (Fsp3) is 0. The first-order valence-corrected chi connectivity index (χ1v) is 5.21. The van der Waals surface area contributed by atoms with Crippen LogP contribution in [0.1, 0.15) is 0 Å². The fourth-order valence-corrected chi connectivity index (χ4v) is 1.69. The number of nitro groups is 2. The Morgan fingerprint density at radius 3 is 2.05 bits per heavy atom. The van der Waals surface area contributed by atoms with E-state index in [0.717, 1.165) is 12.1 Å². The predicted molar refractivity (Wildman–Crippen MR) is 66.9 cm³/mol. The number of nitro benzene ring substituents is 2. The third-order valence-electron chi connectivity index (χ3n) is 2.55. The van der Waals surface area contributed by atoms with Crippen molar-refractivity contribution in [2.24, 2.45) is 0 Å². The standard InChI is InChI=1S/C12H8N2O5/c15-10-3-1-2-8(6-10)9-4-5-11(13(16)17)12(7-9)14(18)19/h1-7,15H. The summed E-state index contributed by atoms with van der Waals surface area (Å²) in [5.74, 6) is 0.0125. The van der Waals surface area contributed by atoms with Gasteiger partial charge in [-0.15, -0.1) is 0 Å². The van der Waals surface area contributed by atoms with E-state index in [-0.39, 0.29) is 5.75 Å². The molecule has 19 heavy (non-hydrogen) atoms. The molecule has 0 saturated carbocycles.